The molecule has 0 saturated heterocycles. The molecule has 1 amide bonds. The minimum atomic E-state index is -4.59. The van der Waals surface area contributed by atoms with E-state index in [0.717, 1.165) is 11.1 Å². The molecule has 1 aromatic rings. The molecule has 6 heteroatoms. The summed E-state index contributed by atoms with van der Waals surface area (Å²) < 4.78 is 38.0. The van der Waals surface area contributed by atoms with Crippen LogP contribution in [0.2, 0.25) is 0 Å². The van der Waals surface area contributed by atoms with Gasteiger partial charge in [0.1, 0.15) is 5.71 Å². The summed E-state index contributed by atoms with van der Waals surface area (Å²) in [5.41, 5.74) is 1.12. The van der Waals surface area contributed by atoms with Crippen molar-refractivity contribution in [2.75, 3.05) is 5.32 Å². The summed E-state index contributed by atoms with van der Waals surface area (Å²) in [6, 6.07) is 3.17. The summed E-state index contributed by atoms with van der Waals surface area (Å²) in [6.45, 7) is 3.60. The van der Waals surface area contributed by atoms with Crippen LogP contribution in [0.5, 0.6) is 0 Å². The van der Waals surface area contributed by atoms with Crippen LogP contribution in [0.1, 0.15) is 17.5 Å². The fraction of sp³-hybridized carbons (Fsp3) is 0.333. The molecule has 0 bridgehead atoms. The topological polar surface area (TPSA) is 41.5 Å². The third-order valence-electron chi connectivity index (χ3n) is 2.80. The molecular formula is C12H11F3N2O. The SMILES string of the molecule is Cc1cc2c(cc1C)NC(=O)CC(C(F)(F)F)=N2. The largest absolute Gasteiger partial charge is 0.430 e. The van der Waals surface area contributed by atoms with E-state index in [4.69, 9.17) is 0 Å². The molecule has 0 spiro atoms. The Balaban J connectivity index is 2.59. The van der Waals surface area contributed by atoms with Gasteiger partial charge in [0.25, 0.3) is 0 Å². The van der Waals surface area contributed by atoms with Crippen LogP contribution < -0.4 is 5.32 Å². The Labute approximate surface area is 102 Å². The highest BCUT2D eigenvalue weighted by molar-refractivity contribution is 6.12. The number of hydrogen-bond acceptors (Lipinski definition) is 2. The first-order chi connectivity index (χ1) is 8.27. The lowest BCUT2D eigenvalue weighted by Crippen LogP contribution is -2.26. The van der Waals surface area contributed by atoms with Crippen LogP contribution in [-0.4, -0.2) is 17.8 Å². The first-order valence-corrected chi connectivity index (χ1v) is 5.33. The van der Waals surface area contributed by atoms with Crippen LogP contribution in [0.4, 0.5) is 24.5 Å². The molecule has 1 N–H and O–H groups in total. The van der Waals surface area contributed by atoms with E-state index in [-0.39, 0.29) is 5.69 Å². The maximum absolute atomic E-state index is 12.7. The quantitative estimate of drug-likeness (QED) is 0.760. The smallest absolute Gasteiger partial charge is 0.324 e. The number of amides is 1. The summed E-state index contributed by atoms with van der Waals surface area (Å²) in [5.74, 6) is -0.701. The molecule has 1 aliphatic heterocycles. The first kappa shape index (κ1) is 12.6. The van der Waals surface area contributed by atoms with E-state index in [0.29, 0.717) is 5.69 Å². The summed E-state index contributed by atoms with van der Waals surface area (Å²) in [6.07, 6.45) is -5.34. The molecule has 0 unspecified atom stereocenters. The van der Waals surface area contributed by atoms with Crippen LogP contribution in [0.3, 0.4) is 0 Å². The summed E-state index contributed by atoms with van der Waals surface area (Å²) in [4.78, 5) is 15.0. The number of alkyl halides is 3. The molecular weight excluding hydrogens is 245 g/mol. The van der Waals surface area contributed by atoms with Gasteiger partial charge < -0.3 is 5.32 Å². The van der Waals surface area contributed by atoms with Crippen molar-refractivity contribution in [2.45, 2.75) is 26.4 Å². The van der Waals surface area contributed by atoms with Crippen LogP contribution in [0, 0.1) is 13.8 Å². The van der Waals surface area contributed by atoms with Crippen LogP contribution in [0.25, 0.3) is 0 Å². The van der Waals surface area contributed by atoms with E-state index in [1.165, 1.54) is 0 Å². The number of hydrogen-bond donors (Lipinski definition) is 1. The maximum Gasteiger partial charge on any atom is 0.430 e. The summed E-state index contributed by atoms with van der Waals surface area (Å²) >= 11 is 0. The zero-order valence-electron chi connectivity index (χ0n) is 9.85. The maximum atomic E-state index is 12.7. The van der Waals surface area contributed by atoms with Crippen molar-refractivity contribution < 1.29 is 18.0 Å². The Hall–Kier alpha value is -1.85. The average molecular weight is 256 g/mol. The fourth-order valence-corrected chi connectivity index (χ4v) is 1.69. The van der Waals surface area contributed by atoms with Crippen molar-refractivity contribution in [3.63, 3.8) is 0 Å². The van der Waals surface area contributed by atoms with E-state index in [1.807, 2.05) is 6.92 Å². The molecule has 96 valence electrons. The van der Waals surface area contributed by atoms with Gasteiger partial charge >= 0.3 is 6.18 Å². The number of carbonyl (C=O) groups excluding carboxylic acids is 1. The Bertz CT molecular complexity index is 547. The van der Waals surface area contributed by atoms with Gasteiger partial charge in [-0.2, -0.15) is 13.2 Å². The number of aliphatic imine (C=N–C) groups is 1. The van der Waals surface area contributed by atoms with Gasteiger partial charge in [-0.05, 0) is 37.1 Å². The predicted molar refractivity (Wildman–Crippen MR) is 62.3 cm³/mol. The first-order valence-electron chi connectivity index (χ1n) is 5.33. The lowest BCUT2D eigenvalue weighted by atomic mass is 10.1. The lowest BCUT2D eigenvalue weighted by molar-refractivity contribution is -0.116. The van der Waals surface area contributed by atoms with Gasteiger partial charge in [0.2, 0.25) is 5.91 Å². The van der Waals surface area contributed by atoms with E-state index in [1.54, 1.807) is 19.1 Å². The molecule has 1 aliphatic rings. The van der Waals surface area contributed by atoms with Gasteiger partial charge in [0.05, 0.1) is 17.8 Å². The third kappa shape index (κ3) is 2.37. The van der Waals surface area contributed by atoms with Crippen LogP contribution >= 0.6 is 0 Å². The number of carbonyl (C=O) groups is 1. The van der Waals surface area contributed by atoms with Gasteiger partial charge in [-0.15, -0.1) is 0 Å². The fourth-order valence-electron chi connectivity index (χ4n) is 1.69. The highest BCUT2D eigenvalue weighted by atomic mass is 19.4. The molecule has 0 atom stereocenters. The number of fused-ring (bicyclic) bond motifs is 1. The second kappa shape index (κ2) is 4.12. The molecule has 0 aliphatic carbocycles. The summed E-state index contributed by atoms with van der Waals surface area (Å²) in [7, 11) is 0. The normalized spacial score (nSPS) is 15.6. The molecule has 3 nitrogen and oxygen atoms in total. The molecule has 18 heavy (non-hydrogen) atoms. The second-order valence-corrected chi connectivity index (χ2v) is 4.23. The van der Waals surface area contributed by atoms with Crippen LogP contribution in [0.15, 0.2) is 17.1 Å². The van der Waals surface area contributed by atoms with Gasteiger partial charge in [-0.3, -0.25) is 4.79 Å². The third-order valence-corrected chi connectivity index (χ3v) is 2.80. The molecule has 0 saturated carbocycles. The Morgan fingerprint density at radius 1 is 1.22 bits per heavy atom. The zero-order valence-corrected chi connectivity index (χ0v) is 9.85. The molecule has 0 radical (unpaired) electrons. The minimum absolute atomic E-state index is 0.149. The van der Waals surface area contributed by atoms with E-state index < -0.39 is 24.2 Å². The Morgan fingerprint density at radius 2 is 1.83 bits per heavy atom. The molecule has 0 fully saturated rings. The monoisotopic (exact) mass is 256 g/mol. The highest BCUT2D eigenvalue weighted by Gasteiger charge is 2.38. The van der Waals surface area contributed by atoms with Crippen molar-refractivity contribution in [1.29, 1.82) is 0 Å². The Morgan fingerprint density at radius 3 is 2.44 bits per heavy atom. The molecule has 1 heterocycles. The number of halogens is 3. The van der Waals surface area contributed by atoms with E-state index >= 15 is 0 Å². The van der Waals surface area contributed by atoms with E-state index in [9.17, 15) is 18.0 Å². The van der Waals surface area contributed by atoms with Crippen molar-refractivity contribution in [3.8, 4) is 0 Å². The molecule has 1 aromatic carbocycles. The number of rotatable bonds is 0. The summed E-state index contributed by atoms with van der Waals surface area (Å²) in [5, 5.41) is 2.44. The van der Waals surface area contributed by atoms with Gasteiger partial charge in [0.15, 0.2) is 0 Å². The lowest BCUT2D eigenvalue weighted by Gasteiger charge is -2.08. The predicted octanol–water partition coefficient (Wildman–Crippen LogP) is 3.28. The molecule has 0 aromatic heterocycles. The van der Waals surface area contributed by atoms with Crippen LogP contribution in [-0.2, 0) is 4.79 Å². The number of benzene rings is 1. The minimum Gasteiger partial charge on any atom is -0.324 e. The second-order valence-electron chi connectivity index (χ2n) is 4.23. The van der Waals surface area contributed by atoms with Crippen molar-refractivity contribution in [1.82, 2.24) is 0 Å². The molecule has 2 rings (SSSR count). The highest BCUT2D eigenvalue weighted by Crippen LogP contribution is 2.33. The van der Waals surface area contributed by atoms with Gasteiger partial charge in [0, 0.05) is 0 Å². The van der Waals surface area contributed by atoms with Crippen molar-refractivity contribution in [3.05, 3.63) is 23.3 Å². The van der Waals surface area contributed by atoms with Gasteiger partial charge in [-0.25, -0.2) is 4.99 Å². The Kier molecular flexibility index (Phi) is 2.88. The van der Waals surface area contributed by atoms with Crippen molar-refractivity contribution >= 4 is 23.0 Å². The van der Waals surface area contributed by atoms with Crippen molar-refractivity contribution in [2.24, 2.45) is 4.99 Å². The van der Waals surface area contributed by atoms with E-state index in [2.05, 4.69) is 10.3 Å². The number of aryl methyl sites for hydroxylation is 2. The van der Waals surface area contributed by atoms with Gasteiger partial charge in [-0.1, -0.05) is 0 Å². The average Bonchev–Trinajstić information content (AvgIpc) is 2.37. The standard InChI is InChI=1S/C12H11F3N2O/c1-6-3-8-9(4-7(6)2)17-11(18)5-10(16-8)12(13,14)15/h3-4H,5H2,1-2H3,(H,17,18). The number of nitrogens with zero attached hydrogens (tertiary/aromatic N) is 1. The zero-order chi connectivity index (χ0) is 13.5. The number of anilines is 1. The number of nitrogens with one attached hydrogen (secondary N) is 1.